The molecule has 1 spiro atoms. The van der Waals surface area contributed by atoms with Crippen LogP contribution in [0.3, 0.4) is 0 Å². The van der Waals surface area contributed by atoms with Gasteiger partial charge in [0.05, 0.1) is 22.4 Å². The average Bonchev–Trinajstić information content (AvgIpc) is 2.72. The van der Waals surface area contributed by atoms with Gasteiger partial charge in [0.15, 0.2) is 0 Å². The zero-order valence-corrected chi connectivity index (χ0v) is 17.1. The molecule has 0 atom stereocenters. The Bertz CT molecular complexity index is 1050. The predicted molar refractivity (Wildman–Crippen MR) is 117 cm³/mol. The van der Waals surface area contributed by atoms with E-state index in [0.717, 1.165) is 31.5 Å². The smallest absolute Gasteiger partial charge is 0.250 e. The molecule has 7 N–H and O–H groups in total. The molecule has 2 aromatic rings. The van der Waals surface area contributed by atoms with Gasteiger partial charge in [-0.25, -0.2) is 4.99 Å². The van der Waals surface area contributed by atoms with E-state index in [1.54, 1.807) is 0 Å². The lowest BCUT2D eigenvalue weighted by atomic mass is 9.84. The number of carbonyl (C=O) groups excluding carboxylic acids is 2. The van der Waals surface area contributed by atoms with Crippen LogP contribution in [0.15, 0.2) is 41.4 Å². The first-order chi connectivity index (χ1) is 14.4. The largest absolute Gasteiger partial charge is 0.370 e. The van der Waals surface area contributed by atoms with Crippen molar-refractivity contribution < 1.29 is 9.59 Å². The van der Waals surface area contributed by atoms with E-state index in [9.17, 15) is 9.59 Å². The number of hydrogen-bond acceptors (Lipinski definition) is 6. The lowest BCUT2D eigenvalue weighted by Gasteiger charge is -2.43. The molecule has 0 aromatic heterocycles. The highest BCUT2D eigenvalue weighted by Gasteiger charge is 2.42. The maximum absolute atomic E-state index is 12.0. The summed E-state index contributed by atoms with van der Waals surface area (Å²) in [5.41, 5.74) is 12.9. The van der Waals surface area contributed by atoms with Gasteiger partial charge in [0.1, 0.15) is 11.5 Å². The number of halogens is 1. The van der Waals surface area contributed by atoms with E-state index in [4.69, 9.17) is 28.1 Å². The molecule has 2 amide bonds. The van der Waals surface area contributed by atoms with Crippen LogP contribution in [0, 0.1) is 0 Å². The Labute approximate surface area is 179 Å². The van der Waals surface area contributed by atoms with Crippen LogP contribution in [0.25, 0.3) is 0 Å². The quantitative estimate of drug-likeness (QED) is 0.509. The fourth-order valence-corrected chi connectivity index (χ4v) is 4.22. The van der Waals surface area contributed by atoms with Crippen molar-refractivity contribution in [3.63, 3.8) is 0 Å². The molecule has 0 radical (unpaired) electrons. The minimum Gasteiger partial charge on any atom is -0.370 e. The standard InChI is InChI=1S/C21H23ClN6O2/c22-13-3-1-2-12(10-13)11-26-20-21(6-8-25-9-7-21)28-17-15(19(24)30)5-4-14(18(23)29)16(17)27-20/h1-5,10,25,28H,6-9,11H2,(H2,23,29)(H2,24,30)(H,26,27). The first-order valence-corrected chi connectivity index (χ1v) is 10.1. The third-order valence-electron chi connectivity index (χ3n) is 5.56. The first-order valence-electron chi connectivity index (χ1n) is 9.73. The van der Waals surface area contributed by atoms with Crippen LogP contribution in [-0.4, -0.2) is 36.3 Å². The number of piperidine rings is 1. The van der Waals surface area contributed by atoms with E-state index in [-0.39, 0.29) is 11.1 Å². The van der Waals surface area contributed by atoms with Gasteiger partial charge in [-0.3, -0.25) is 9.59 Å². The van der Waals surface area contributed by atoms with Crippen molar-refractivity contribution in [3.05, 3.63) is 58.1 Å². The van der Waals surface area contributed by atoms with Crippen LogP contribution in [0.5, 0.6) is 0 Å². The molecule has 8 nitrogen and oxygen atoms in total. The van der Waals surface area contributed by atoms with Crippen molar-refractivity contribution in [2.45, 2.75) is 24.9 Å². The number of benzene rings is 2. The van der Waals surface area contributed by atoms with Crippen molar-refractivity contribution in [2.75, 3.05) is 18.4 Å². The SMILES string of the molecule is NC(=O)c1ccc(C(N)=O)c2c1N=C(NCc1cccc(Cl)c1)C1(CCNCC1)N2. The Morgan fingerprint density at radius 1 is 1.10 bits per heavy atom. The van der Waals surface area contributed by atoms with Gasteiger partial charge in [-0.05, 0) is 55.8 Å². The van der Waals surface area contributed by atoms with Gasteiger partial charge in [0.25, 0.3) is 11.8 Å². The lowest BCUT2D eigenvalue weighted by molar-refractivity contribution is 0.0989. The molecule has 0 unspecified atom stereocenters. The minimum absolute atomic E-state index is 0.230. The summed E-state index contributed by atoms with van der Waals surface area (Å²) in [5.74, 6) is -0.520. The molecule has 1 fully saturated rings. The second-order valence-electron chi connectivity index (χ2n) is 7.51. The lowest BCUT2D eigenvalue weighted by Crippen LogP contribution is -2.59. The maximum atomic E-state index is 12.0. The number of anilines is 1. The summed E-state index contributed by atoms with van der Waals surface area (Å²) >= 11 is 6.10. The fourth-order valence-electron chi connectivity index (χ4n) is 4.01. The van der Waals surface area contributed by atoms with E-state index in [0.29, 0.717) is 28.8 Å². The zero-order valence-electron chi connectivity index (χ0n) is 16.3. The number of nitrogens with one attached hydrogen (secondary N) is 3. The highest BCUT2D eigenvalue weighted by molar-refractivity contribution is 6.30. The molecule has 0 aliphatic carbocycles. The van der Waals surface area contributed by atoms with Crippen LogP contribution >= 0.6 is 11.6 Å². The van der Waals surface area contributed by atoms with Gasteiger partial charge < -0.3 is 27.4 Å². The number of rotatable bonds is 4. The number of fused-ring (bicyclic) bond motifs is 1. The molecule has 156 valence electrons. The summed E-state index contributed by atoms with van der Waals surface area (Å²) in [6, 6.07) is 10.6. The highest BCUT2D eigenvalue weighted by Crippen LogP contribution is 2.41. The summed E-state index contributed by atoms with van der Waals surface area (Å²) in [6.45, 7) is 2.07. The third-order valence-corrected chi connectivity index (χ3v) is 5.79. The molecule has 2 aliphatic rings. The van der Waals surface area contributed by atoms with Crippen LogP contribution in [0.1, 0.15) is 39.1 Å². The molecular formula is C21H23ClN6O2. The van der Waals surface area contributed by atoms with Crippen molar-refractivity contribution in [1.29, 1.82) is 0 Å². The van der Waals surface area contributed by atoms with Gasteiger partial charge in [0, 0.05) is 11.6 Å². The average molecular weight is 427 g/mol. The van der Waals surface area contributed by atoms with E-state index in [2.05, 4.69) is 16.0 Å². The molecule has 2 aliphatic heterocycles. The van der Waals surface area contributed by atoms with Gasteiger partial charge in [-0.1, -0.05) is 23.7 Å². The molecule has 0 saturated carbocycles. The number of nitrogens with two attached hydrogens (primary N) is 2. The second-order valence-corrected chi connectivity index (χ2v) is 7.95. The van der Waals surface area contributed by atoms with Gasteiger partial charge in [0.2, 0.25) is 0 Å². The maximum Gasteiger partial charge on any atom is 0.250 e. The third kappa shape index (κ3) is 3.71. The fraction of sp³-hybridized carbons (Fsp3) is 0.286. The Kier molecular flexibility index (Phi) is 5.36. The van der Waals surface area contributed by atoms with E-state index in [1.807, 2.05) is 24.3 Å². The highest BCUT2D eigenvalue weighted by atomic mass is 35.5. The summed E-state index contributed by atoms with van der Waals surface area (Å²) < 4.78 is 0. The molecule has 2 heterocycles. The summed E-state index contributed by atoms with van der Waals surface area (Å²) in [6.07, 6.45) is 1.49. The Hall–Kier alpha value is -3.10. The molecule has 30 heavy (non-hydrogen) atoms. The van der Waals surface area contributed by atoms with E-state index in [1.165, 1.54) is 12.1 Å². The molecule has 2 aromatic carbocycles. The Morgan fingerprint density at radius 2 is 1.80 bits per heavy atom. The normalized spacial score (nSPS) is 16.9. The van der Waals surface area contributed by atoms with Crippen molar-refractivity contribution in [2.24, 2.45) is 16.5 Å². The van der Waals surface area contributed by atoms with E-state index < -0.39 is 17.4 Å². The number of primary amides is 2. The number of nitrogens with zero attached hydrogens (tertiary/aromatic N) is 1. The summed E-state index contributed by atoms with van der Waals surface area (Å²) in [7, 11) is 0. The van der Waals surface area contributed by atoms with Gasteiger partial charge in [-0.15, -0.1) is 0 Å². The van der Waals surface area contributed by atoms with Gasteiger partial charge >= 0.3 is 0 Å². The van der Waals surface area contributed by atoms with E-state index >= 15 is 0 Å². The second kappa shape index (κ2) is 7.97. The van der Waals surface area contributed by atoms with Gasteiger partial charge in [-0.2, -0.15) is 0 Å². The molecule has 4 rings (SSSR count). The Morgan fingerprint density at radius 3 is 2.47 bits per heavy atom. The molecular weight excluding hydrogens is 404 g/mol. The number of amides is 2. The van der Waals surface area contributed by atoms with Crippen LogP contribution in [0.4, 0.5) is 11.4 Å². The summed E-state index contributed by atoms with van der Waals surface area (Å²) in [5, 5.41) is 10.9. The van der Waals surface area contributed by atoms with Crippen LogP contribution < -0.4 is 27.4 Å². The molecule has 9 heteroatoms. The van der Waals surface area contributed by atoms with Crippen LogP contribution in [-0.2, 0) is 6.54 Å². The van der Waals surface area contributed by atoms with Crippen molar-refractivity contribution in [3.8, 4) is 0 Å². The number of hydrogen-bond donors (Lipinski definition) is 5. The van der Waals surface area contributed by atoms with Crippen molar-refractivity contribution >= 4 is 40.6 Å². The number of aliphatic imine (C=N–C) groups is 1. The first kappa shape index (κ1) is 20.2. The monoisotopic (exact) mass is 426 g/mol. The number of carbonyl (C=O) groups is 2. The topological polar surface area (TPSA) is 135 Å². The Balaban J connectivity index is 1.79. The molecule has 0 bridgehead atoms. The summed E-state index contributed by atoms with van der Waals surface area (Å²) in [4.78, 5) is 28.8. The molecule has 1 saturated heterocycles. The number of amidine groups is 1. The van der Waals surface area contributed by atoms with Crippen molar-refractivity contribution in [1.82, 2.24) is 10.6 Å². The predicted octanol–water partition coefficient (Wildman–Crippen LogP) is 1.91. The minimum atomic E-state index is -0.622. The zero-order chi connectivity index (χ0) is 21.3. The van der Waals surface area contributed by atoms with Crippen LogP contribution in [0.2, 0.25) is 5.02 Å².